The van der Waals surface area contributed by atoms with E-state index in [1.54, 1.807) is 4.90 Å². The van der Waals surface area contributed by atoms with E-state index < -0.39 is 24.1 Å². The second-order valence-corrected chi connectivity index (χ2v) is 16.4. The van der Waals surface area contributed by atoms with E-state index in [1.807, 2.05) is 0 Å². The maximum atomic E-state index is 12.7. The molecule has 1 aromatic rings. The van der Waals surface area contributed by atoms with E-state index in [0.717, 1.165) is 24.5 Å². The van der Waals surface area contributed by atoms with E-state index >= 15 is 0 Å². The van der Waals surface area contributed by atoms with E-state index in [4.69, 9.17) is 5.73 Å². The van der Waals surface area contributed by atoms with E-state index in [9.17, 15) is 21.6 Å². The van der Waals surface area contributed by atoms with Gasteiger partial charge in [0, 0.05) is 81.1 Å². The molecule has 3 fully saturated rings. The van der Waals surface area contributed by atoms with Gasteiger partial charge in [-0.2, -0.15) is 4.31 Å². The number of anilines is 2. The number of benzene rings is 1. The predicted molar refractivity (Wildman–Crippen MR) is 141 cm³/mol. The van der Waals surface area contributed by atoms with Crippen LogP contribution < -0.4 is 15.5 Å². The summed E-state index contributed by atoms with van der Waals surface area (Å²) < 4.78 is 49.1. The zero-order valence-corrected chi connectivity index (χ0v) is 23.0. The molecule has 4 rings (SSSR count). The van der Waals surface area contributed by atoms with Crippen molar-refractivity contribution in [1.82, 2.24) is 9.21 Å². The molecule has 1 aromatic carbocycles. The summed E-state index contributed by atoms with van der Waals surface area (Å²) in [5.41, 5.74) is 7.24. The lowest BCUT2D eigenvalue weighted by molar-refractivity contribution is 0.212. The first-order valence-electron chi connectivity index (χ1n) is 11.7. The zero-order chi connectivity index (χ0) is 25.6. The first kappa shape index (κ1) is 26.5. The molecule has 0 aliphatic carbocycles. The Balaban J connectivity index is 1.38. The van der Waals surface area contributed by atoms with Crippen LogP contribution in [-0.2, 0) is 18.9 Å². The number of carbonyl (C=O) groups excluding carboxylic acids is 1. The lowest BCUT2D eigenvalue weighted by atomic mass is 9.71. The van der Waals surface area contributed by atoms with Gasteiger partial charge in [-0.05, 0) is 24.3 Å². The van der Waals surface area contributed by atoms with Gasteiger partial charge in [-0.3, -0.25) is 4.79 Å². The van der Waals surface area contributed by atoms with Crippen LogP contribution in [0.25, 0.3) is 0 Å². The summed E-state index contributed by atoms with van der Waals surface area (Å²) in [5, 5.41) is -0.415. The smallest absolute Gasteiger partial charge is 0.296 e. The molecular weight excluding hydrogens is 510 g/mol. The minimum atomic E-state index is -3.56. The molecule has 0 aromatic heterocycles. The standard InChI is InChI=1S/C22H35N5O5S3/c1-21-14-25(15-22(21,2)17-26(16-21)20(28)33-35(31,32)13-8-23)19-6-4-18(5-7-19)24-9-11-27(12-10-24)34(3,29)30/h4-7H,8-17,23H2,1-3H3/t21-,22+. The predicted octanol–water partition coefficient (Wildman–Crippen LogP) is 1.06. The summed E-state index contributed by atoms with van der Waals surface area (Å²) in [7, 11) is -6.31. The van der Waals surface area contributed by atoms with E-state index in [1.165, 1.54) is 10.6 Å². The highest BCUT2D eigenvalue weighted by molar-refractivity contribution is 8.77. The van der Waals surface area contributed by atoms with Crippen LogP contribution in [0.1, 0.15) is 13.8 Å². The summed E-state index contributed by atoms with van der Waals surface area (Å²) in [6, 6.07) is 8.37. The Morgan fingerprint density at radius 2 is 1.37 bits per heavy atom. The van der Waals surface area contributed by atoms with Gasteiger partial charge in [0.15, 0.2) is 0 Å². The SMILES string of the molecule is C[C@@]12CN(C(=O)SS(=O)(=O)CCN)C[C@]1(C)CN(c1ccc(N3CCN(S(C)(=O)=O)CC3)cc1)C2. The van der Waals surface area contributed by atoms with Gasteiger partial charge in [0.2, 0.25) is 18.9 Å². The molecule has 35 heavy (non-hydrogen) atoms. The summed E-state index contributed by atoms with van der Waals surface area (Å²) in [6.07, 6.45) is 1.25. The number of fused-ring (bicyclic) bond motifs is 1. The van der Waals surface area contributed by atoms with E-state index in [2.05, 4.69) is 47.9 Å². The van der Waals surface area contributed by atoms with Crippen molar-refractivity contribution in [2.75, 3.05) is 80.7 Å². The van der Waals surface area contributed by atoms with E-state index in [0.29, 0.717) is 50.1 Å². The van der Waals surface area contributed by atoms with Crippen LogP contribution in [-0.4, -0.2) is 102 Å². The fraction of sp³-hybridized carbons (Fsp3) is 0.682. The number of nitrogens with zero attached hydrogens (tertiary/aromatic N) is 4. The molecule has 2 N–H and O–H groups in total. The Morgan fingerprint density at radius 3 is 1.83 bits per heavy atom. The minimum Gasteiger partial charge on any atom is -0.370 e. The molecule has 13 heteroatoms. The highest BCUT2D eigenvalue weighted by atomic mass is 33.1. The molecule has 10 nitrogen and oxygen atoms in total. The molecule has 0 spiro atoms. The van der Waals surface area contributed by atoms with Crippen LogP contribution in [0.2, 0.25) is 0 Å². The third-order valence-electron chi connectivity index (χ3n) is 7.73. The van der Waals surface area contributed by atoms with Crippen LogP contribution >= 0.6 is 10.8 Å². The molecule has 0 radical (unpaired) electrons. The average molecular weight is 546 g/mol. The number of nitrogens with two attached hydrogens (primary N) is 1. The van der Waals surface area contributed by atoms with Crippen LogP contribution in [0.15, 0.2) is 24.3 Å². The van der Waals surface area contributed by atoms with Crippen molar-refractivity contribution in [3.63, 3.8) is 0 Å². The first-order valence-corrected chi connectivity index (χ1v) is 16.5. The molecule has 1 amide bonds. The molecule has 3 aliphatic rings. The largest absolute Gasteiger partial charge is 0.370 e. The Bertz CT molecular complexity index is 1150. The fourth-order valence-corrected chi connectivity index (χ4v) is 8.63. The Labute approximate surface area is 212 Å². The summed E-state index contributed by atoms with van der Waals surface area (Å²) in [6.45, 7) is 9.25. The van der Waals surface area contributed by atoms with Gasteiger partial charge in [0.25, 0.3) is 5.24 Å². The van der Waals surface area contributed by atoms with Crippen molar-refractivity contribution >= 4 is 46.3 Å². The lowest BCUT2D eigenvalue weighted by Crippen LogP contribution is -2.48. The molecule has 3 heterocycles. The number of rotatable bonds is 6. The number of hydrogen-bond donors (Lipinski definition) is 1. The quantitative estimate of drug-likeness (QED) is 0.523. The van der Waals surface area contributed by atoms with Gasteiger partial charge in [0.1, 0.15) is 0 Å². The zero-order valence-electron chi connectivity index (χ0n) is 20.5. The van der Waals surface area contributed by atoms with E-state index in [-0.39, 0.29) is 23.1 Å². The van der Waals surface area contributed by atoms with Crippen LogP contribution in [0.5, 0.6) is 0 Å². The minimum absolute atomic E-state index is 0.00263. The van der Waals surface area contributed by atoms with Gasteiger partial charge < -0.3 is 20.4 Å². The second kappa shape index (κ2) is 9.40. The van der Waals surface area contributed by atoms with Crippen molar-refractivity contribution < 1.29 is 21.6 Å². The summed E-state index contributed by atoms with van der Waals surface area (Å²) in [4.78, 5) is 18.9. The highest BCUT2D eigenvalue weighted by Gasteiger charge is 2.58. The number of likely N-dealkylation sites (tertiary alicyclic amines) is 1. The molecule has 0 saturated carbocycles. The second-order valence-electron chi connectivity index (χ2n) is 10.4. The van der Waals surface area contributed by atoms with Gasteiger partial charge >= 0.3 is 0 Å². The van der Waals surface area contributed by atoms with Crippen molar-refractivity contribution in [1.29, 1.82) is 0 Å². The highest BCUT2D eigenvalue weighted by Crippen LogP contribution is 2.53. The molecule has 3 saturated heterocycles. The van der Waals surface area contributed by atoms with Crippen LogP contribution in [0.4, 0.5) is 16.2 Å². The third kappa shape index (κ3) is 5.43. The maximum absolute atomic E-state index is 12.7. The summed E-state index contributed by atoms with van der Waals surface area (Å²) in [5.74, 6) is -0.205. The monoisotopic (exact) mass is 545 g/mol. The first-order chi connectivity index (χ1) is 16.3. The molecule has 0 unspecified atom stereocenters. The number of carbonyl (C=O) groups is 1. The van der Waals surface area contributed by atoms with Gasteiger partial charge in [0.05, 0.1) is 22.8 Å². The lowest BCUT2D eigenvalue weighted by Gasteiger charge is -2.35. The van der Waals surface area contributed by atoms with Crippen molar-refractivity contribution in [3.05, 3.63) is 24.3 Å². The number of hydrogen-bond acceptors (Lipinski definition) is 9. The maximum Gasteiger partial charge on any atom is 0.296 e. The van der Waals surface area contributed by atoms with Crippen LogP contribution in [0, 0.1) is 10.8 Å². The molecule has 2 atom stereocenters. The Hall–Kier alpha value is -1.54. The molecule has 0 bridgehead atoms. The van der Waals surface area contributed by atoms with Crippen molar-refractivity contribution in [2.24, 2.45) is 16.6 Å². The molecule has 3 aliphatic heterocycles. The number of piperazine rings is 1. The van der Waals surface area contributed by atoms with Gasteiger partial charge in [-0.1, -0.05) is 13.8 Å². The Kier molecular flexibility index (Phi) is 7.12. The van der Waals surface area contributed by atoms with Crippen molar-refractivity contribution in [3.8, 4) is 0 Å². The average Bonchev–Trinajstić information content (AvgIpc) is 3.17. The normalized spacial score (nSPS) is 27.9. The van der Waals surface area contributed by atoms with Crippen LogP contribution in [0.3, 0.4) is 0 Å². The molecule has 196 valence electrons. The Morgan fingerprint density at radius 1 is 0.886 bits per heavy atom. The fourth-order valence-electron chi connectivity index (χ4n) is 5.47. The number of amides is 1. The number of sulfonamides is 1. The summed E-state index contributed by atoms with van der Waals surface area (Å²) >= 11 is 0. The van der Waals surface area contributed by atoms with Gasteiger partial charge in [-0.15, -0.1) is 0 Å². The molecular formula is C22H35N5O5S3. The third-order valence-corrected chi connectivity index (χ3v) is 12.1. The topological polar surface area (TPSA) is 124 Å². The van der Waals surface area contributed by atoms with Gasteiger partial charge in [-0.25, -0.2) is 16.8 Å². The van der Waals surface area contributed by atoms with Crippen molar-refractivity contribution in [2.45, 2.75) is 13.8 Å².